The van der Waals surface area contributed by atoms with Crippen LogP contribution in [0.4, 0.5) is 4.79 Å². The van der Waals surface area contributed by atoms with Crippen molar-refractivity contribution < 1.29 is 13.9 Å². The number of guanidine groups is 1. The van der Waals surface area contributed by atoms with Gasteiger partial charge in [0.15, 0.2) is 5.96 Å². The number of ether oxygens (including phenoxy) is 1. The van der Waals surface area contributed by atoms with Gasteiger partial charge < -0.3 is 24.7 Å². The largest absolute Gasteiger partial charge is 0.444 e. The molecule has 1 aromatic heterocycles. The summed E-state index contributed by atoms with van der Waals surface area (Å²) in [5.41, 5.74) is 1.21. The van der Waals surface area contributed by atoms with Crippen molar-refractivity contribution in [2.75, 3.05) is 19.6 Å². The molecule has 1 fully saturated rings. The van der Waals surface area contributed by atoms with Gasteiger partial charge in [-0.25, -0.2) is 14.8 Å². The quantitative estimate of drug-likeness (QED) is 0.593. The topological polar surface area (TPSA) is 92.0 Å². The highest BCUT2D eigenvalue weighted by atomic mass is 16.6. The third-order valence-electron chi connectivity index (χ3n) is 4.19. The smallest absolute Gasteiger partial charge is 0.410 e. The van der Waals surface area contributed by atoms with Crippen LogP contribution >= 0.6 is 0 Å². The predicted molar refractivity (Wildman–Crippen MR) is 111 cm³/mol. The number of carbonyl (C=O) groups is 1. The van der Waals surface area contributed by atoms with Crippen molar-refractivity contribution in [1.82, 2.24) is 20.5 Å². The Morgan fingerprint density at radius 3 is 2.69 bits per heavy atom. The molecule has 0 spiro atoms. The Balaban J connectivity index is 1.52. The summed E-state index contributed by atoms with van der Waals surface area (Å²) in [5, 5.41) is 6.56. The summed E-state index contributed by atoms with van der Waals surface area (Å²) in [6.07, 6.45) is 1.34. The normalized spacial score (nSPS) is 15.0. The number of oxazole rings is 1. The zero-order valence-electron chi connectivity index (χ0n) is 17.4. The third-order valence-corrected chi connectivity index (χ3v) is 4.19. The fraction of sp³-hybridized carbons (Fsp3) is 0.476. The Morgan fingerprint density at radius 2 is 2.03 bits per heavy atom. The van der Waals surface area contributed by atoms with Crippen molar-refractivity contribution in [3.8, 4) is 11.5 Å². The van der Waals surface area contributed by atoms with E-state index in [-0.39, 0.29) is 12.1 Å². The molecule has 0 atom stereocenters. The van der Waals surface area contributed by atoms with E-state index >= 15 is 0 Å². The number of hydrogen-bond acceptors (Lipinski definition) is 5. The average Bonchev–Trinajstić information content (AvgIpc) is 3.10. The van der Waals surface area contributed by atoms with Crippen LogP contribution in [0, 0.1) is 0 Å². The molecule has 1 amide bonds. The molecule has 1 saturated heterocycles. The van der Waals surface area contributed by atoms with Crippen molar-refractivity contribution in [2.24, 2.45) is 4.99 Å². The highest BCUT2D eigenvalue weighted by Gasteiger charge is 2.34. The van der Waals surface area contributed by atoms with Crippen molar-refractivity contribution in [1.29, 1.82) is 0 Å². The molecule has 2 aromatic rings. The Morgan fingerprint density at radius 1 is 1.31 bits per heavy atom. The molecule has 2 N–H and O–H groups in total. The first-order valence-corrected chi connectivity index (χ1v) is 9.86. The fourth-order valence-corrected chi connectivity index (χ4v) is 2.81. The van der Waals surface area contributed by atoms with Crippen LogP contribution in [0.5, 0.6) is 0 Å². The fourth-order valence-electron chi connectivity index (χ4n) is 2.81. The minimum atomic E-state index is -0.484. The van der Waals surface area contributed by atoms with Crippen molar-refractivity contribution >= 4 is 12.1 Å². The zero-order valence-corrected chi connectivity index (χ0v) is 17.4. The van der Waals surface area contributed by atoms with Crippen molar-refractivity contribution in [3.63, 3.8) is 0 Å². The highest BCUT2D eigenvalue weighted by molar-refractivity contribution is 5.80. The molecular weight excluding hydrogens is 370 g/mol. The predicted octanol–water partition coefficient (Wildman–Crippen LogP) is 3.02. The molecule has 1 aliphatic rings. The van der Waals surface area contributed by atoms with E-state index in [9.17, 15) is 4.79 Å². The number of nitrogens with one attached hydrogen (secondary N) is 2. The van der Waals surface area contributed by atoms with Gasteiger partial charge in [0, 0.05) is 25.2 Å². The molecular formula is C21H29N5O3. The summed E-state index contributed by atoms with van der Waals surface area (Å²) in [5.74, 6) is 1.27. The van der Waals surface area contributed by atoms with Crippen LogP contribution < -0.4 is 10.6 Å². The summed E-state index contributed by atoms with van der Waals surface area (Å²) in [4.78, 5) is 22.8. The third kappa shape index (κ3) is 5.97. The lowest BCUT2D eigenvalue weighted by molar-refractivity contribution is 0.00700. The van der Waals surface area contributed by atoms with Crippen LogP contribution in [-0.2, 0) is 11.3 Å². The van der Waals surface area contributed by atoms with Crippen LogP contribution in [0.1, 0.15) is 33.4 Å². The molecule has 3 rings (SSSR count). The van der Waals surface area contributed by atoms with Crippen LogP contribution in [-0.4, -0.2) is 53.2 Å². The second-order valence-electron chi connectivity index (χ2n) is 7.93. The number of benzene rings is 1. The SMILES string of the molecule is CCNC(=NCc1coc(-c2ccccc2)n1)NC1CN(C(=O)OC(C)(C)C)C1. The van der Waals surface area contributed by atoms with Crippen molar-refractivity contribution in [2.45, 2.75) is 45.9 Å². The van der Waals surface area contributed by atoms with E-state index < -0.39 is 5.60 Å². The average molecular weight is 399 g/mol. The van der Waals surface area contributed by atoms with Gasteiger partial charge in [-0.15, -0.1) is 0 Å². The Labute approximate surface area is 171 Å². The first kappa shape index (κ1) is 20.7. The van der Waals surface area contributed by atoms with E-state index in [0.29, 0.717) is 31.5 Å². The van der Waals surface area contributed by atoms with Crippen LogP contribution in [0.25, 0.3) is 11.5 Å². The maximum Gasteiger partial charge on any atom is 0.410 e. The number of hydrogen-bond donors (Lipinski definition) is 2. The lowest BCUT2D eigenvalue weighted by Gasteiger charge is -2.40. The number of rotatable bonds is 5. The Kier molecular flexibility index (Phi) is 6.41. The monoisotopic (exact) mass is 399 g/mol. The Bertz CT molecular complexity index is 836. The van der Waals surface area contributed by atoms with Gasteiger partial charge in [-0.2, -0.15) is 0 Å². The molecule has 8 nitrogen and oxygen atoms in total. The standard InChI is InChI=1S/C21H29N5O3/c1-5-22-19(25-17-12-26(13-17)20(27)29-21(2,3)4)23-11-16-14-28-18(24-16)15-9-7-6-8-10-15/h6-10,14,17H,5,11-13H2,1-4H3,(H2,22,23,25). The maximum atomic E-state index is 12.0. The molecule has 2 heterocycles. The van der Waals surface area contributed by atoms with Crippen LogP contribution in [0.15, 0.2) is 46.0 Å². The lowest BCUT2D eigenvalue weighted by Crippen LogP contribution is -2.63. The molecule has 1 aliphatic heterocycles. The van der Waals surface area contributed by atoms with Gasteiger partial charge in [0.1, 0.15) is 17.6 Å². The van der Waals surface area contributed by atoms with Gasteiger partial charge in [0.2, 0.25) is 5.89 Å². The van der Waals surface area contributed by atoms with Gasteiger partial charge in [0.25, 0.3) is 0 Å². The number of amides is 1. The minimum Gasteiger partial charge on any atom is -0.444 e. The molecule has 1 aromatic carbocycles. The highest BCUT2D eigenvalue weighted by Crippen LogP contribution is 2.18. The van der Waals surface area contributed by atoms with E-state index in [1.54, 1.807) is 11.2 Å². The summed E-state index contributed by atoms with van der Waals surface area (Å²) < 4.78 is 10.9. The second kappa shape index (κ2) is 8.98. The van der Waals surface area contributed by atoms with Gasteiger partial charge in [-0.05, 0) is 39.8 Å². The number of nitrogens with zero attached hydrogens (tertiary/aromatic N) is 3. The molecule has 0 bridgehead atoms. The van der Waals surface area contributed by atoms with Gasteiger partial charge in [-0.1, -0.05) is 18.2 Å². The van der Waals surface area contributed by atoms with Gasteiger partial charge in [-0.3, -0.25) is 0 Å². The van der Waals surface area contributed by atoms with E-state index in [0.717, 1.165) is 17.8 Å². The molecule has 0 unspecified atom stereocenters. The lowest BCUT2D eigenvalue weighted by atomic mass is 10.1. The first-order chi connectivity index (χ1) is 13.8. The number of carbonyl (C=O) groups excluding carboxylic acids is 1. The Hall–Kier alpha value is -3.03. The van der Waals surface area contributed by atoms with Crippen LogP contribution in [0.3, 0.4) is 0 Å². The van der Waals surface area contributed by atoms with E-state index in [4.69, 9.17) is 9.15 Å². The van der Waals surface area contributed by atoms with Gasteiger partial charge >= 0.3 is 6.09 Å². The summed E-state index contributed by atoms with van der Waals surface area (Å²) in [6, 6.07) is 9.90. The molecule has 8 heteroatoms. The summed E-state index contributed by atoms with van der Waals surface area (Å²) in [7, 11) is 0. The number of aromatic nitrogens is 1. The second-order valence-corrected chi connectivity index (χ2v) is 7.93. The van der Waals surface area contributed by atoms with Crippen LogP contribution in [0.2, 0.25) is 0 Å². The minimum absolute atomic E-state index is 0.137. The number of likely N-dealkylation sites (tertiary alicyclic amines) is 1. The maximum absolute atomic E-state index is 12.0. The van der Waals surface area contributed by atoms with E-state index in [1.807, 2.05) is 58.0 Å². The zero-order chi connectivity index (χ0) is 20.9. The van der Waals surface area contributed by atoms with E-state index in [1.165, 1.54) is 0 Å². The molecule has 29 heavy (non-hydrogen) atoms. The molecule has 0 aliphatic carbocycles. The number of aliphatic imine (C=N–C) groups is 1. The first-order valence-electron chi connectivity index (χ1n) is 9.86. The summed E-state index contributed by atoms with van der Waals surface area (Å²) in [6.45, 7) is 9.91. The van der Waals surface area contributed by atoms with Crippen molar-refractivity contribution in [3.05, 3.63) is 42.3 Å². The van der Waals surface area contributed by atoms with Gasteiger partial charge in [0.05, 0.1) is 12.6 Å². The molecule has 0 saturated carbocycles. The van der Waals surface area contributed by atoms with E-state index in [2.05, 4.69) is 20.6 Å². The molecule has 156 valence electrons. The summed E-state index contributed by atoms with van der Waals surface area (Å²) >= 11 is 0. The molecule has 0 radical (unpaired) electrons.